The predicted molar refractivity (Wildman–Crippen MR) is 348 cm³/mol. The summed E-state index contributed by atoms with van der Waals surface area (Å²) in [6.45, 7) is 9.63. The number of para-hydroxylation sites is 1. The Hall–Kier alpha value is -9.24. The van der Waals surface area contributed by atoms with Crippen molar-refractivity contribution >= 4 is 49.9 Å². The van der Waals surface area contributed by atoms with Crippen LogP contribution in [0.3, 0.4) is 0 Å². The molecule has 1 atom stereocenters. The van der Waals surface area contributed by atoms with Gasteiger partial charge >= 0.3 is 0 Å². The Kier molecular flexibility index (Phi) is 12.0. The van der Waals surface area contributed by atoms with E-state index in [9.17, 15) is 0 Å². The smallest absolute Gasteiger partial charge is 0.0468 e. The number of fused-ring (bicyclic) bond motifs is 8. The highest BCUT2D eigenvalue weighted by Gasteiger charge is 2.37. The number of rotatable bonds is 10. The van der Waals surface area contributed by atoms with Crippen LogP contribution < -0.4 is 9.80 Å². The molecule has 0 bridgehead atoms. The highest BCUT2D eigenvalue weighted by molar-refractivity contribution is 6.23. The summed E-state index contributed by atoms with van der Waals surface area (Å²) in [7, 11) is 0. The molecule has 82 heavy (non-hydrogen) atoms. The summed E-state index contributed by atoms with van der Waals surface area (Å²) in [6.07, 6.45) is 26.1. The minimum absolute atomic E-state index is 0.176. The van der Waals surface area contributed by atoms with E-state index in [1.165, 1.54) is 116 Å². The van der Waals surface area contributed by atoms with E-state index in [1.807, 2.05) is 0 Å². The largest absolute Gasteiger partial charge is 0.314 e. The molecule has 0 N–H and O–H groups in total. The number of hydrogen-bond donors (Lipinski definition) is 0. The summed E-state index contributed by atoms with van der Waals surface area (Å²) in [6, 6.07) is 78.7. The average Bonchev–Trinajstić information content (AvgIpc) is 4.14. The van der Waals surface area contributed by atoms with E-state index < -0.39 is 0 Å². The van der Waals surface area contributed by atoms with Gasteiger partial charge in [0, 0.05) is 50.9 Å². The molecule has 5 aliphatic rings. The molecule has 10 aromatic carbocycles. The van der Waals surface area contributed by atoms with Gasteiger partial charge in [0.05, 0.1) is 0 Å². The summed E-state index contributed by atoms with van der Waals surface area (Å²) >= 11 is 0. The van der Waals surface area contributed by atoms with E-state index in [-0.39, 0.29) is 10.8 Å². The summed E-state index contributed by atoms with van der Waals surface area (Å²) in [5.74, 6) is 0.322. The highest BCUT2D eigenvalue weighted by Crippen LogP contribution is 2.55. The molecule has 5 aliphatic carbocycles. The zero-order valence-corrected chi connectivity index (χ0v) is 47.3. The molecule has 2 nitrogen and oxygen atoms in total. The first-order valence-corrected chi connectivity index (χ1v) is 29.6. The molecular formula is C80H66N2. The maximum absolute atomic E-state index is 2.54. The second-order valence-electron chi connectivity index (χ2n) is 24.1. The van der Waals surface area contributed by atoms with E-state index in [0.717, 1.165) is 54.9 Å². The van der Waals surface area contributed by atoms with Gasteiger partial charge in [0.15, 0.2) is 0 Å². The van der Waals surface area contributed by atoms with Crippen LogP contribution in [0, 0.1) is 0 Å². The molecule has 15 rings (SSSR count). The molecule has 0 aliphatic heterocycles. The lowest BCUT2D eigenvalue weighted by molar-refractivity contribution is 0.660. The maximum Gasteiger partial charge on any atom is 0.0468 e. The van der Waals surface area contributed by atoms with E-state index in [4.69, 9.17) is 0 Å². The van der Waals surface area contributed by atoms with Crippen molar-refractivity contribution in [2.75, 3.05) is 9.80 Å². The van der Waals surface area contributed by atoms with Crippen LogP contribution in [0.4, 0.5) is 22.7 Å². The summed E-state index contributed by atoms with van der Waals surface area (Å²) in [5.41, 5.74) is 26.4. The number of anilines is 4. The molecule has 0 saturated carbocycles. The van der Waals surface area contributed by atoms with E-state index in [1.54, 1.807) is 0 Å². The third kappa shape index (κ3) is 8.21. The standard InChI is InChI=1S/C80H66N2/c1-79(2)73-31-19-17-29-65(73)67-45-37-57(49-75(67)79)77-69-47-43-64(82(60-27-15-8-16-28-60)62-41-35-56(36-42-62)54-23-11-6-12-24-54)52-72(69)78(58-38-46-68-66-30-18-20-32-74(66)80(3,4)76(68)50-58)70-48-44-63(51-71(70)77)81(59-25-13-7-14-26-59)61-39-33-55(34-40-61)53-21-9-5-10-22-53/h5,7-11,13-15,17-27,29-33,35-52,55H,6,12,16,28,34H2,1-4H3. The lowest BCUT2D eigenvalue weighted by atomic mass is 9.79. The summed E-state index contributed by atoms with van der Waals surface area (Å²) < 4.78 is 0. The van der Waals surface area contributed by atoms with Gasteiger partial charge in [0.2, 0.25) is 0 Å². The van der Waals surface area contributed by atoms with Crippen molar-refractivity contribution in [2.45, 2.75) is 76.5 Å². The minimum atomic E-state index is -0.176. The van der Waals surface area contributed by atoms with Crippen molar-refractivity contribution in [3.05, 3.63) is 306 Å². The lowest BCUT2D eigenvalue weighted by Crippen LogP contribution is -2.17. The molecule has 1 unspecified atom stereocenters. The highest BCUT2D eigenvalue weighted by atomic mass is 15.2. The van der Waals surface area contributed by atoms with Crippen LogP contribution in [0.25, 0.3) is 71.6 Å². The third-order valence-corrected chi connectivity index (χ3v) is 18.7. The van der Waals surface area contributed by atoms with Crippen molar-refractivity contribution < 1.29 is 0 Å². The van der Waals surface area contributed by atoms with Crippen LogP contribution in [0.2, 0.25) is 0 Å². The fraction of sp³-hybridized carbons (Fsp3) is 0.150. The molecule has 0 saturated heterocycles. The quantitative estimate of drug-likeness (QED) is 0.126. The van der Waals surface area contributed by atoms with Crippen molar-refractivity contribution in [3.63, 3.8) is 0 Å². The molecule has 0 aromatic heterocycles. The molecule has 2 heteroatoms. The minimum Gasteiger partial charge on any atom is -0.314 e. The predicted octanol–water partition coefficient (Wildman–Crippen LogP) is 21.8. The Bertz CT molecular complexity index is 4400. The van der Waals surface area contributed by atoms with Gasteiger partial charge in [-0.25, -0.2) is 0 Å². The molecule has 396 valence electrons. The number of nitrogens with zero attached hydrogens (tertiary/aromatic N) is 2. The average molecular weight is 1060 g/mol. The second-order valence-corrected chi connectivity index (χ2v) is 24.1. The maximum atomic E-state index is 2.54. The van der Waals surface area contributed by atoms with Crippen LogP contribution in [-0.2, 0) is 10.8 Å². The molecule has 0 fully saturated rings. The van der Waals surface area contributed by atoms with Crippen molar-refractivity contribution in [1.82, 2.24) is 0 Å². The zero-order chi connectivity index (χ0) is 55.1. The van der Waals surface area contributed by atoms with Gasteiger partial charge < -0.3 is 9.80 Å². The van der Waals surface area contributed by atoms with Gasteiger partial charge in [0.25, 0.3) is 0 Å². The fourth-order valence-corrected chi connectivity index (χ4v) is 14.5. The van der Waals surface area contributed by atoms with Gasteiger partial charge in [-0.1, -0.05) is 216 Å². The van der Waals surface area contributed by atoms with Gasteiger partial charge in [-0.2, -0.15) is 0 Å². The number of hydrogen-bond acceptors (Lipinski definition) is 2. The molecular weight excluding hydrogens is 989 g/mol. The Labute approximate surface area is 483 Å². The van der Waals surface area contributed by atoms with Gasteiger partial charge in [-0.05, 0) is 210 Å². The number of benzene rings is 10. The third-order valence-electron chi connectivity index (χ3n) is 18.7. The molecule has 0 radical (unpaired) electrons. The van der Waals surface area contributed by atoms with Gasteiger partial charge in [0.1, 0.15) is 0 Å². The molecule has 0 amide bonds. The topological polar surface area (TPSA) is 6.48 Å². The van der Waals surface area contributed by atoms with Crippen LogP contribution >= 0.6 is 0 Å². The Morgan fingerprint density at radius 2 is 0.939 bits per heavy atom. The van der Waals surface area contributed by atoms with E-state index in [0.29, 0.717) is 5.92 Å². The first-order chi connectivity index (χ1) is 40.2. The first-order valence-electron chi connectivity index (χ1n) is 29.6. The molecule has 0 spiro atoms. The van der Waals surface area contributed by atoms with Crippen LogP contribution in [0.5, 0.6) is 0 Å². The lowest BCUT2D eigenvalue weighted by Gasteiger charge is -2.31. The van der Waals surface area contributed by atoms with Crippen molar-refractivity contribution in [1.29, 1.82) is 0 Å². The van der Waals surface area contributed by atoms with Crippen molar-refractivity contribution in [3.8, 4) is 44.5 Å². The zero-order valence-electron chi connectivity index (χ0n) is 47.3. The molecule has 0 heterocycles. The van der Waals surface area contributed by atoms with Crippen LogP contribution in [0.1, 0.15) is 99.1 Å². The Morgan fingerprint density at radius 1 is 0.402 bits per heavy atom. The number of allylic oxidation sites excluding steroid dienone is 11. The second kappa shape index (κ2) is 19.8. The van der Waals surface area contributed by atoms with Gasteiger partial charge in [-0.15, -0.1) is 0 Å². The Morgan fingerprint density at radius 3 is 1.50 bits per heavy atom. The van der Waals surface area contributed by atoms with E-state index in [2.05, 4.69) is 298 Å². The Balaban J connectivity index is 1.00. The summed E-state index contributed by atoms with van der Waals surface area (Å²) in [5, 5.41) is 4.93. The normalized spacial score (nSPS) is 16.9. The van der Waals surface area contributed by atoms with Crippen molar-refractivity contribution in [2.24, 2.45) is 0 Å². The first kappa shape index (κ1) is 49.8. The monoisotopic (exact) mass is 1050 g/mol. The van der Waals surface area contributed by atoms with Gasteiger partial charge in [-0.3, -0.25) is 0 Å². The molecule has 10 aromatic rings. The van der Waals surface area contributed by atoms with E-state index >= 15 is 0 Å². The SMILES string of the molecule is CC1(C)c2ccccc2-c2ccc(-c3c4ccc(N(C5=CC=CCC5)c5ccc(C6=CCCC=C6)cc5)cc4c(-c4ccc5c(c4)C(C)(C)c4ccccc4-5)c4ccc(N(C5=CCC(c6ccccc6)C=C5)c5ccccc5)cc34)cc21. The summed E-state index contributed by atoms with van der Waals surface area (Å²) in [4.78, 5) is 5.00. The van der Waals surface area contributed by atoms with Crippen LogP contribution in [-0.4, -0.2) is 0 Å². The van der Waals surface area contributed by atoms with Crippen LogP contribution in [0.15, 0.2) is 272 Å². The fourth-order valence-electron chi connectivity index (χ4n) is 14.5.